The first kappa shape index (κ1) is 23.1. The Morgan fingerprint density at radius 3 is 2.21 bits per heavy atom. The third kappa shape index (κ3) is 4.31. The molecule has 0 unspecified atom stereocenters. The molecule has 0 aliphatic heterocycles. The summed E-state index contributed by atoms with van der Waals surface area (Å²) in [6, 6.07) is 5.44. The minimum atomic E-state index is -0.419. The molecule has 2 aromatic rings. The second-order valence-electron chi connectivity index (χ2n) is 10.7. The van der Waals surface area contributed by atoms with Crippen LogP contribution in [0.4, 0.5) is 8.78 Å². The van der Waals surface area contributed by atoms with E-state index in [0.29, 0.717) is 35.6 Å². The summed E-state index contributed by atoms with van der Waals surface area (Å²) in [4.78, 5) is 0. The van der Waals surface area contributed by atoms with Crippen molar-refractivity contribution in [2.75, 3.05) is 6.61 Å². The summed E-state index contributed by atoms with van der Waals surface area (Å²) < 4.78 is 36.0. The maximum absolute atomic E-state index is 15.3. The van der Waals surface area contributed by atoms with Gasteiger partial charge in [0.1, 0.15) is 5.82 Å². The summed E-state index contributed by atoms with van der Waals surface area (Å²) >= 11 is 6.33. The van der Waals surface area contributed by atoms with E-state index in [4.69, 9.17) is 16.3 Å². The van der Waals surface area contributed by atoms with Gasteiger partial charge in [0.05, 0.1) is 11.6 Å². The van der Waals surface area contributed by atoms with Gasteiger partial charge in [0.2, 0.25) is 0 Å². The number of hydrogen-bond acceptors (Lipinski definition) is 1. The zero-order valence-corrected chi connectivity index (χ0v) is 20.6. The van der Waals surface area contributed by atoms with Gasteiger partial charge in [0.25, 0.3) is 0 Å². The molecular weight excluding hydrogens is 438 g/mol. The molecule has 0 saturated heterocycles. The molecule has 1 nitrogen and oxygen atoms in total. The van der Waals surface area contributed by atoms with Gasteiger partial charge < -0.3 is 4.74 Å². The Kier molecular flexibility index (Phi) is 6.71. The fourth-order valence-electron chi connectivity index (χ4n) is 6.45. The largest absolute Gasteiger partial charge is 0.490 e. The fourth-order valence-corrected chi connectivity index (χ4v) is 6.77. The van der Waals surface area contributed by atoms with Crippen LogP contribution in [0.15, 0.2) is 18.2 Å². The monoisotopic (exact) mass is 472 g/mol. The summed E-state index contributed by atoms with van der Waals surface area (Å²) in [5.41, 5.74) is 3.15. The van der Waals surface area contributed by atoms with Crippen molar-refractivity contribution in [2.24, 2.45) is 23.7 Å². The Morgan fingerprint density at radius 1 is 0.879 bits per heavy atom. The molecule has 0 atom stereocenters. The zero-order chi connectivity index (χ0) is 23.1. The van der Waals surface area contributed by atoms with Crippen LogP contribution in [0.5, 0.6) is 5.75 Å². The highest BCUT2D eigenvalue weighted by Crippen LogP contribution is 2.55. The van der Waals surface area contributed by atoms with Crippen LogP contribution in [0.2, 0.25) is 5.02 Å². The lowest BCUT2D eigenvalue weighted by Gasteiger charge is -2.37. The third-order valence-electron chi connectivity index (χ3n) is 8.54. The van der Waals surface area contributed by atoms with Gasteiger partial charge in [0, 0.05) is 11.1 Å². The van der Waals surface area contributed by atoms with Gasteiger partial charge in [-0.2, -0.15) is 0 Å². The van der Waals surface area contributed by atoms with E-state index < -0.39 is 11.6 Å². The Balaban J connectivity index is 1.22. The second-order valence-corrected chi connectivity index (χ2v) is 11.1. The molecule has 0 spiro atoms. The van der Waals surface area contributed by atoms with Crippen LogP contribution in [-0.2, 0) is 6.42 Å². The van der Waals surface area contributed by atoms with Crippen LogP contribution >= 0.6 is 11.6 Å². The molecule has 3 aliphatic rings. The van der Waals surface area contributed by atoms with Gasteiger partial charge in [-0.15, -0.1) is 0 Å². The van der Waals surface area contributed by atoms with Crippen LogP contribution in [0, 0.1) is 35.3 Å². The van der Waals surface area contributed by atoms with Crippen molar-refractivity contribution in [1.82, 2.24) is 0 Å². The van der Waals surface area contributed by atoms with Gasteiger partial charge in [-0.3, -0.25) is 0 Å². The summed E-state index contributed by atoms with van der Waals surface area (Å²) in [6.07, 6.45) is 11.9. The van der Waals surface area contributed by atoms with Crippen molar-refractivity contribution in [3.05, 3.63) is 40.4 Å². The molecule has 178 valence electrons. The molecule has 0 amide bonds. The van der Waals surface area contributed by atoms with Gasteiger partial charge >= 0.3 is 0 Å². The van der Waals surface area contributed by atoms with Gasteiger partial charge in [0.15, 0.2) is 11.6 Å². The number of hydrogen-bond donors (Lipinski definition) is 0. The van der Waals surface area contributed by atoms with E-state index >= 15 is 4.39 Å². The Hall–Kier alpha value is -1.61. The molecule has 0 N–H and O–H groups in total. The molecular formula is C29H35ClF2O. The zero-order valence-electron chi connectivity index (χ0n) is 19.9. The predicted molar refractivity (Wildman–Crippen MR) is 132 cm³/mol. The highest BCUT2D eigenvalue weighted by atomic mass is 35.5. The number of aryl methyl sites for hydroxylation is 1. The standard InChI is InChI=1S/C29H35ClF2O/c1-3-4-21-15-23-22-13-14-24(29(32)26(22)25(23)27(30)28(21)31)33-16-18-7-11-20(12-8-18)19-9-5-17(2)6-10-19/h13-15,17-20H,3-12,16H2,1-2H3. The molecule has 0 aromatic heterocycles. The van der Waals surface area contributed by atoms with E-state index in [1.54, 1.807) is 6.07 Å². The highest BCUT2D eigenvalue weighted by Gasteiger charge is 2.34. The second kappa shape index (κ2) is 9.56. The van der Waals surface area contributed by atoms with Crippen molar-refractivity contribution in [2.45, 2.75) is 78.1 Å². The molecule has 2 saturated carbocycles. The van der Waals surface area contributed by atoms with Crippen LogP contribution in [0.3, 0.4) is 0 Å². The van der Waals surface area contributed by atoms with Crippen molar-refractivity contribution in [3.8, 4) is 28.0 Å². The molecule has 0 radical (unpaired) electrons. The lowest BCUT2D eigenvalue weighted by Crippen LogP contribution is -2.27. The molecule has 4 heteroatoms. The van der Waals surface area contributed by atoms with Gasteiger partial charge in [-0.1, -0.05) is 44.7 Å². The number of rotatable bonds is 6. The van der Waals surface area contributed by atoms with Crippen LogP contribution in [0.1, 0.15) is 77.2 Å². The number of halogens is 3. The first-order valence-corrected chi connectivity index (χ1v) is 13.3. The summed E-state index contributed by atoms with van der Waals surface area (Å²) in [5, 5.41) is 0.0370. The third-order valence-corrected chi connectivity index (χ3v) is 8.90. The van der Waals surface area contributed by atoms with E-state index in [1.165, 1.54) is 51.4 Å². The van der Waals surface area contributed by atoms with Crippen molar-refractivity contribution in [1.29, 1.82) is 0 Å². The van der Waals surface area contributed by atoms with E-state index in [0.717, 1.165) is 35.3 Å². The summed E-state index contributed by atoms with van der Waals surface area (Å²) in [5.74, 6) is 2.61. The Labute approximate surface area is 201 Å². The molecule has 33 heavy (non-hydrogen) atoms. The van der Waals surface area contributed by atoms with Crippen molar-refractivity contribution in [3.63, 3.8) is 0 Å². The molecule has 0 bridgehead atoms. The quantitative estimate of drug-likeness (QED) is 0.347. The lowest BCUT2D eigenvalue weighted by atomic mass is 9.69. The van der Waals surface area contributed by atoms with Crippen molar-refractivity contribution < 1.29 is 13.5 Å². The number of ether oxygens (including phenoxy) is 1. The van der Waals surface area contributed by atoms with Crippen LogP contribution in [0.25, 0.3) is 22.3 Å². The predicted octanol–water partition coefficient (Wildman–Crippen LogP) is 9.23. The fraction of sp³-hybridized carbons (Fsp3) is 0.586. The summed E-state index contributed by atoms with van der Waals surface area (Å²) in [6.45, 7) is 4.94. The van der Waals surface area contributed by atoms with E-state index in [1.807, 2.05) is 19.1 Å². The normalized spacial score (nSPS) is 26.3. The smallest absolute Gasteiger partial charge is 0.173 e. The number of fused-ring (bicyclic) bond motifs is 4. The SMILES string of the molecule is CCCc1cc2c(c(Cl)c1F)-c1c-2ccc(OCC2CCC(C3CCC(C)CC3)CC2)c1F. The average molecular weight is 473 g/mol. The van der Waals surface area contributed by atoms with Crippen LogP contribution < -0.4 is 4.74 Å². The molecule has 2 fully saturated rings. The van der Waals surface area contributed by atoms with Crippen LogP contribution in [-0.4, -0.2) is 6.61 Å². The lowest BCUT2D eigenvalue weighted by molar-refractivity contribution is 0.124. The average Bonchev–Trinajstić information content (AvgIpc) is 2.81. The topological polar surface area (TPSA) is 9.23 Å². The maximum atomic E-state index is 15.3. The highest BCUT2D eigenvalue weighted by molar-refractivity contribution is 6.36. The maximum Gasteiger partial charge on any atom is 0.173 e. The van der Waals surface area contributed by atoms with Gasteiger partial charge in [-0.05, 0) is 104 Å². The minimum Gasteiger partial charge on any atom is -0.490 e. The van der Waals surface area contributed by atoms with E-state index in [9.17, 15) is 4.39 Å². The Bertz CT molecular complexity index is 1020. The molecule has 3 aliphatic carbocycles. The first-order chi connectivity index (χ1) is 16.0. The number of benzene rings is 2. The minimum absolute atomic E-state index is 0.0370. The first-order valence-electron chi connectivity index (χ1n) is 12.9. The molecule has 0 heterocycles. The Morgan fingerprint density at radius 2 is 1.55 bits per heavy atom. The van der Waals surface area contributed by atoms with E-state index in [-0.39, 0.29) is 10.8 Å². The van der Waals surface area contributed by atoms with Gasteiger partial charge in [-0.25, -0.2) is 8.78 Å². The summed E-state index contributed by atoms with van der Waals surface area (Å²) in [7, 11) is 0. The van der Waals surface area contributed by atoms with Crippen molar-refractivity contribution >= 4 is 11.6 Å². The van der Waals surface area contributed by atoms with E-state index in [2.05, 4.69) is 6.92 Å². The molecule has 2 aromatic carbocycles. The molecule has 5 rings (SSSR count).